The van der Waals surface area contributed by atoms with Crippen LogP contribution in [0.3, 0.4) is 0 Å². The van der Waals surface area contributed by atoms with Gasteiger partial charge in [-0.3, -0.25) is 4.57 Å². The van der Waals surface area contributed by atoms with Crippen molar-refractivity contribution >= 4 is 87.2 Å². The SMILES string of the molecule is c1ccc(-c2nc(-c3ccc(-n4c5ccccc5c5ccc6c7ccccc7n(-c7ccccc7)c6c54)cc3)nc(-n3c4ccccc4c4ccc5c6ccccc6n(-c6ccccc6)c5c43)n2)cc1. The van der Waals surface area contributed by atoms with E-state index in [-0.39, 0.29) is 0 Å². The van der Waals surface area contributed by atoms with E-state index >= 15 is 0 Å². The van der Waals surface area contributed by atoms with Crippen LogP contribution in [-0.4, -0.2) is 33.2 Å². The molecular weight excluding hydrogens is 855 g/mol. The quantitative estimate of drug-likeness (QED) is 0.167. The summed E-state index contributed by atoms with van der Waals surface area (Å²) in [6.45, 7) is 0. The second-order valence-electron chi connectivity index (χ2n) is 18.0. The molecule has 0 aliphatic rings. The highest BCUT2D eigenvalue weighted by molar-refractivity contribution is 6.25. The summed E-state index contributed by atoms with van der Waals surface area (Å²) in [6.07, 6.45) is 0. The minimum atomic E-state index is 0.551. The van der Waals surface area contributed by atoms with E-state index in [0.29, 0.717) is 17.6 Å². The van der Waals surface area contributed by atoms with Crippen LogP contribution >= 0.6 is 0 Å². The second-order valence-corrected chi connectivity index (χ2v) is 18.0. The molecule has 5 heterocycles. The maximum atomic E-state index is 5.46. The summed E-state index contributed by atoms with van der Waals surface area (Å²) in [4.78, 5) is 16.1. The van der Waals surface area contributed by atoms with Crippen LogP contribution in [0.4, 0.5) is 0 Å². The monoisotopic (exact) mass is 893 g/mol. The molecular formula is C63H39N7. The first kappa shape index (κ1) is 38.5. The average molecular weight is 894 g/mol. The second kappa shape index (κ2) is 15.0. The molecule has 0 unspecified atom stereocenters. The van der Waals surface area contributed by atoms with Gasteiger partial charge in [-0.2, -0.15) is 9.97 Å². The van der Waals surface area contributed by atoms with E-state index < -0.39 is 0 Å². The van der Waals surface area contributed by atoms with Crippen LogP contribution in [0.1, 0.15) is 0 Å². The molecule has 0 N–H and O–H groups in total. The molecule has 0 bridgehead atoms. The fourth-order valence-corrected chi connectivity index (χ4v) is 11.2. The highest BCUT2D eigenvalue weighted by atomic mass is 15.2. The Morgan fingerprint density at radius 3 is 0.914 bits per heavy atom. The zero-order valence-electron chi connectivity index (χ0n) is 37.6. The van der Waals surface area contributed by atoms with Crippen molar-refractivity contribution < 1.29 is 0 Å². The Hall–Kier alpha value is -9.59. The van der Waals surface area contributed by atoms with Crippen molar-refractivity contribution in [1.82, 2.24) is 33.2 Å². The van der Waals surface area contributed by atoms with Gasteiger partial charge in [-0.25, -0.2) is 4.98 Å². The molecule has 7 heteroatoms. The zero-order valence-corrected chi connectivity index (χ0v) is 37.6. The fraction of sp³-hybridized carbons (Fsp3) is 0. The molecule has 0 fully saturated rings. The molecule has 0 amide bonds. The van der Waals surface area contributed by atoms with Crippen molar-refractivity contribution in [2.45, 2.75) is 0 Å². The van der Waals surface area contributed by atoms with E-state index in [2.05, 4.69) is 237 Å². The molecule has 0 saturated carbocycles. The fourth-order valence-electron chi connectivity index (χ4n) is 11.2. The number of benzene rings is 10. The van der Waals surface area contributed by atoms with Crippen molar-refractivity contribution in [2.24, 2.45) is 0 Å². The van der Waals surface area contributed by atoms with Crippen LogP contribution < -0.4 is 0 Å². The smallest absolute Gasteiger partial charge is 0.238 e. The van der Waals surface area contributed by atoms with Crippen LogP contribution in [0.15, 0.2) is 237 Å². The Bertz CT molecular complexity index is 4560. The third-order valence-electron chi connectivity index (χ3n) is 14.2. The van der Waals surface area contributed by atoms with Gasteiger partial charge in [-0.1, -0.05) is 164 Å². The summed E-state index contributed by atoms with van der Waals surface area (Å²) in [7, 11) is 0. The van der Waals surface area contributed by atoms with Crippen LogP contribution in [0.25, 0.3) is 133 Å². The third kappa shape index (κ3) is 5.54. The number of aromatic nitrogens is 7. The standard InChI is InChI=1S/C63H39N7/c1-4-18-40(19-5-1)61-64-62(66-63(65-61)70-56-31-17-13-27-48(56)52-39-38-51-47-26-11-15-29-54(47)68(59(51)60(52)70)43-22-8-3-9-23-43)41-32-34-44(35-33-41)69-55-30-16-12-25-46(55)50-37-36-49-45-24-10-14-28-53(45)67(57(49)58(50)69)42-20-6-2-7-21-42/h1-39H. The van der Waals surface area contributed by atoms with Gasteiger partial charge in [-0.05, 0) is 72.8 Å². The zero-order chi connectivity index (χ0) is 45.9. The normalized spacial score (nSPS) is 12.0. The maximum absolute atomic E-state index is 5.46. The number of fused-ring (bicyclic) bond motifs is 14. The molecule has 0 aliphatic carbocycles. The van der Waals surface area contributed by atoms with Gasteiger partial charge in [0.15, 0.2) is 11.6 Å². The number of hydrogen-bond donors (Lipinski definition) is 0. The molecule has 15 aromatic rings. The molecule has 15 rings (SSSR count). The summed E-state index contributed by atoms with van der Waals surface area (Å²) < 4.78 is 9.50. The van der Waals surface area contributed by atoms with Gasteiger partial charge in [0.25, 0.3) is 0 Å². The van der Waals surface area contributed by atoms with Gasteiger partial charge in [-0.15, -0.1) is 0 Å². The minimum absolute atomic E-state index is 0.551. The predicted molar refractivity (Wildman–Crippen MR) is 288 cm³/mol. The van der Waals surface area contributed by atoms with E-state index in [1.807, 2.05) is 18.2 Å². The molecule has 0 radical (unpaired) electrons. The first-order valence-corrected chi connectivity index (χ1v) is 23.7. The number of hydrogen-bond acceptors (Lipinski definition) is 3. The molecule has 0 atom stereocenters. The van der Waals surface area contributed by atoms with Crippen molar-refractivity contribution in [3.05, 3.63) is 237 Å². The summed E-state index contributed by atoms with van der Waals surface area (Å²) in [6, 6.07) is 84.2. The molecule has 10 aromatic carbocycles. The minimum Gasteiger partial charge on any atom is -0.307 e. The largest absolute Gasteiger partial charge is 0.307 e. The molecule has 326 valence electrons. The van der Waals surface area contributed by atoms with Crippen LogP contribution in [-0.2, 0) is 0 Å². The lowest BCUT2D eigenvalue weighted by Crippen LogP contribution is -2.07. The van der Waals surface area contributed by atoms with Crippen LogP contribution in [0.5, 0.6) is 0 Å². The molecule has 5 aromatic heterocycles. The van der Waals surface area contributed by atoms with Crippen LogP contribution in [0.2, 0.25) is 0 Å². The van der Waals surface area contributed by atoms with Gasteiger partial charge in [0.05, 0.1) is 44.1 Å². The van der Waals surface area contributed by atoms with Crippen molar-refractivity contribution in [3.63, 3.8) is 0 Å². The van der Waals surface area contributed by atoms with Crippen LogP contribution in [0, 0.1) is 0 Å². The molecule has 70 heavy (non-hydrogen) atoms. The van der Waals surface area contributed by atoms with Gasteiger partial charge in [0, 0.05) is 71.3 Å². The van der Waals surface area contributed by atoms with Gasteiger partial charge >= 0.3 is 0 Å². The Morgan fingerprint density at radius 2 is 0.514 bits per heavy atom. The molecule has 0 aliphatic heterocycles. The lowest BCUT2D eigenvalue weighted by atomic mass is 10.1. The highest BCUT2D eigenvalue weighted by Gasteiger charge is 2.25. The van der Waals surface area contributed by atoms with E-state index in [0.717, 1.165) is 77.4 Å². The van der Waals surface area contributed by atoms with Crippen molar-refractivity contribution in [3.8, 4) is 45.8 Å². The topological polar surface area (TPSA) is 58.4 Å². The summed E-state index contributed by atoms with van der Waals surface area (Å²) in [5.41, 5.74) is 14.0. The average Bonchev–Trinajstić information content (AvgIpc) is 4.17. The maximum Gasteiger partial charge on any atom is 0.238 e. The van der Waals surface area contributed by atoms with E-state index in [9.17, 15) is 0 Å². The summed E-state index contributed by atoms with van der Waals surface area (Å²) in [5.74, 6) is 1.74. The number of rotatable bonds is 6. The molecule has 7 nitrogen and oxygen atoms in total. The lowest BCUT2D eigenvalue weighted by Gasteiger charge is -2.14. The molecule has 0 spiro atoms. The first-order chi connectivity index (χ1) is 34.8. The van der Waals surface area contributed by atoms with E-state index in [4.69, 9.17) is 15.0 Å². The lowest BCUT2D eigenvalue weighted by molar-refractivity contribution is 0.953. The van der Waals surface area contributed by atoms with E-state index in [1.165, 1.54) is 38.0 Å². The Labute approximate surface area is 401 Å². The third-order valence-corrected chi connectivity index (χ3v) is 14.2. The Morgan fingerprint density at radius 1 is 0.214 bits per heavy atom. The molecule has 0 saturated heterocycles. The van der Waals surface area contributed by atoms with Gasteiger partial charge < -0.3 is 13.7 Å². The Kier molecular flexibility index (Phi) is 8.23. The number of para-hydroxylation sites is 6. The number of nitrogens with zero attached hydrogens (tertiary/aromatic N) is 7. The Balaban J connectivity index is 0.982. The predicted octanol–water partition coefficient (Wildman–Crippen LogP) is 15.6. The summed E-state index contributed by atoms with van der Waals surface area (Å²) >= 11 is 0. The van der Waals surface area contributed by atoms with Gasteiger partial charge in [0.2, 0.25) is 5.95 Å². The van der Waals surface area contributed by atoms with Crippen molar-refractivity contribution in [1.29, 1.82) is 0 Å². The van der Waals surface area contributed by atoms with E-state index in [1.54, 1.807) is 0 Å². The first-order valence-electron chi connectivity index (χ1n) is 23.7. The summed E-state index contributed by atoms with van der Waals surface area (Å²) in [5, 5.41) is 9.45. The van der Waals surface area contributed by atoms with Gasteiger partial charge in [0.1, 0.15) is 0 Å². The highest BCUT2D eigenvalue weighted by Crippen LogP contribution is 2.44. The van der Waals surface area contributed by atoms with Crippen molar-refractivity contribution in [2.75, 3.05) is 0 Å².